The highest BCUT2D eigenvalue weighted by molar-refractivity contribution is 5.85. The number of hydrogen-bond acceptors (Lipinski definition) is 4. The Morgan fingerprint density at radius 3 is 0.703 bits per heavy atom. The zero-order chi connectivity index (χ0) is 42.9. The fourth-order valence-corrected chi connectivity index (χ4v) is 8.26. The van der Waals surface area contributed by atoms with Gasteiger partial charge >= 0.3 is 0 Å². The summed E-state index contributed by atoms with van der Waals surface area (Å²) in [7, 11) is 0. The molecule has 0 saturated heterocycles. The van der Waals surface area contributed by atoms with Gasteiger partial charge in [0.05, 0.1) is 5.69 Å². The van der Waals surface area contributed by atoms with Crippen molar-refractivity contribution < 1.29 is 0 Å². The minimum atomic E-state index is 1.02. The van der Waals surface area contributed by atoms with Crippen LogP contribution in [0, 0.1) is 12.1 Å². The highest BCUT2D eigenvalue weighted by Gasteiger charge is 2.19. The van der Waals surface area contributed by atoms with E-state index in [1.165, 1.54) is 11.1 Å². The second-order valence-corrected chi connectivity index (χ2v) is 15.3. The van der Waals surface area contributed by atoms with Crippen molar-refractivity contribution in [1.29, 1.82) is 0 Å². The second-order valence-electron chi connectivity index (χ2n) is 15.3. The van der Waals surface area contributed by atoms with Crippen LogP contribution >= 0.6 is 0 Å². The molecule has 10 rings (SSSR count). The Kier molecular flexibility index (Phi) is 11.4. The lowest BCUT2D eigenvalue weighted by Crippen LogP contribution is -2.13. The van der Waals surface area contributed by atoms with E-state index in [0.717, 1.165) is 68.2 Å². The maximum Gasteiger partial charge on any atom is 0.0551 e. The van der Waals surface area contributed by atoms with Crippen LogP contribution in [0.3, 0.4) is 0 Å². The van der Waals surface area contributed by atoms with E-state index in [-0.39, 0.29) is 0 Å². The maximum absolute atomic E-state index is 3.14. The fourth-order valence-electron chi connectivity index (χ4n) is 8.26. The van der Waals surface area contributed by atoms with Gasteiger partial charge in [0.25, 0.3) is 0 Å². The Balaban J connectivity index is 1.02. The molecule has 10 aromatic rings. The average Bonchev–Trinajstić information content (AvgIpc) is 3.38. The normalized spacial score (nSPS) is 10.7. The largest absolute Gasteiger partial charge is 0.311 e. The number of anilines is 12. The van der Waals surface area contributed by atoms with Gasteiger partial charge in [0, 0.05) is 68.6 Å². The van der Waals surface area contributed by atoms with Gasteiger partial charge in [-0.15, -0.1) is 0 Å². The molecular weight excluding hydrogens is 777 g/mol. The Hall–Kier alpha value is -8.78. The van der Waals surface area contributed by atoms with E-state index in [1.54, 1.807) is 0 Å². The number of benzene rings is 9. The molecule has 0 aliphatic heterocycles. The molecule has 0 N–H and O–H groups in total. The molecule has 0 heterocycles. The first-order valence-corrected chi connectivity index (χ1v) is 21.5. The smallest absolute Gasteiger partial charge is 0.0551 e. The Morgan fingerprint density at radius 1 is 0.188 bits per heavy atom. The van der Waals surface area contributed by atoms with Crippen LogP contribution in [0.15, 0.2) is 267 Å². The van der Waals surface area contributed by atoms with Crippen LogP contribution in [0.5, 0.6) is 0 Å². The third-order valence-corrected chi connectivity index (χ3v) is 11.3. The Bertz CT molecular complexity index is 2900. The average molecular weight is 821 g/mol. The molecule has 4 heteroatoms. The van der Waals surface area contributed by atoms with Gasteiger partial charge in [-0.05, 0) is 157 Å². The molecule has 0 saturated carbocycles. The summed E-state index contributed by atoms with van der Waals surface area (Å²) in [6.45, 7) is 0. The van der Waals surface area contributed by atoms with E-state index in [2.05, 4.69) is 280 Å². The quantitative estimate of drug-likeness (QED) is 0.115. The number of rotatable bonds is 13. The van der Waals surface area contributed by atoms with Crippen LogP contribution in [0.25, 0.3) is 11.1 Å². The maximum atomic E-state index is 3.14. The molecule has 0 unspecified atom stereocenters. The molecule has 10 aromatic carbocycles. The molecule has 0 atom stereocenters. The molecule has 4 nitrogen and oxygen atoms in total. The highest BCUT2D eigenvalue weighted by Crippen LogP contribution is 2.43. The molecule has 0 aliphatic carbocycles. The lowest BCUT2D eigenvalue weighted by atomic mass is 10.0. The second kappa shape index (κ2) is 18.5. The van der Waals surface area contributed by atoms with Crippen molar-refractivity contribution >= 4 is 68.2 Å². The molecule has 64 heavy (non-hydrogen) atoms. The Morgan fingerprint density at radius 2 is 0.422 bits per heavy atom. The molecule has 0 aliphatic rings. The standard InChI is InChI=1S/C60H44N4/c1-7-19-47(20-8-1)48-31-33-54(34-32-48)64(59-43-37-56(38-44-59)62(51-25-13-4-14-26-51)52-27-15-5-16-28-52)60-45-41-58(42-46-60)63(53-29-17-6-18-30-53)57-39-35-55(36-40-57)61(49-21-9-2-10-22-49)50-23-11-3-12-24-50/h1-4,6-15,17-46H. The van der Waals surface area contributed by atoms with Gasteiger partial charge in [0.2, 0.25) is 0 Å². The topological polar surface area (TPSA) is 13.0 Å². The summed E-state index contributed by atoms with van der Waals surface area (Å²) in [6.07, 6.45) is 0. The minimum Gasteiger partial charge on any atom is -0.311 e. The van der Waals surface area contributed by atoms with E-state index in [1.807, 2.05) is 18.2 Å². The van der Waals surface area contributed by atoms with Crippen LogP contribution in [-0.2, 0) is 0 Å². The van der Waals surface area contributed by atoms with Gasteiger partial charge in [0.1, 0.15) is 0 Å². The summed E-state index contributed by atoms with van der Waals surface area (Å²) in [5.74, 6) is 0. The molecule has 0 bridgehead atoms. The summed E-state index contributed by atoms with van der Waals surface area (Å²) in [5.41, 5.74) is 15.1. The van der Waals surface area contributed by atoms with Gasteiger partial charge in [-0.25, -0.2) is 0 Å². The van der Waals surface area contributed by atoms with Gasteiger partial charge in [0.15, 0.2) is 0 Å². The van der Waals surface area contributed by atoms with E-state index >= 15 is 0 Å². The van der Waals surface area contributed by atoms with E-state index in [9.17, 15) is 0 Å². The van der Waals surface area contributed by atoms with Crippen molar-refractivity contribution in [3.63, 3.8) is 0 Å². The van der Waals surface area contributed by atoms with E-state index in [4.69, 9.17) is 0 Å². The molecule has 0 amide bonds. The number of para-hydroxylation sites is 4. The van der Waals surface area contributed by atoms with Crippen LogP contribution in [0.1, 0.15) is 0 Å². The third kappa shape index (κ3) is 8.43. The summed E-state index contributed by atoms with van der Waals surface area (Å²) >= 11 is 0. The summed E-state index contributed by atoms with van der Waals surface area (Å²) < 4.78 is 0. The van der Waals surface area contributed by atoms with Crippen molar-refractivity contribution in [2.24, 2.45) is 0 Å². The zero-order valence-corrected chi connectivity index (χ0v) is 35.2. The van der Waals surface area contributed by atoms with E-state index < -0.39 is 0 Å². The Labute approximate surface area is 376 Å². The first-order chi connectivity index (χ1) is 31.8. The van der Waals surface area contributed by atoms with Gasteiger partial charge in [-0.2, -0.15) is 0 Å². The lowest BCUT2D eigenvalue weighted by Gasteiger charge is -2.30. The number of nitrogens with zero attached hydrogens (tertiary/aromatic N) is 4. The van der Waals surface area contributed by atoms with E-state index in [0.29, 0.717) is 0 Å². The van der Waals surface area contributed by atoms with Crippen LogP contribution in [0.4, 0.5) is 68.2 Å². The monoisotopic (exact) mass is 820 g/mol. The van der Waals surface area contributed by atoms with Gasteiger partial charge in [-0.1, -0.05) is 127 Å². The SMILES string of the molecule is c1ccc(N(c2ccccc2)c2ccc(N(c3ccc(-c4ccccc4)cc3)c3ccc(N(c4ccccc4)c4ccc(N(c5ccccc5)c5ccccc5)cc4)cc3)cc2)cc#1. The summed E-state index contributed by atoms with van der Waals surface area (Å²) in [4.78, 5) is 9.17. The molecular formula is C60H44N4. The first-order valence-electron chi connectivity index (χ1n) is 21.5. The zero-order valence-electron chi connectivity index (χ0n) is 35.2. The molecule has 0 aromatic heterocycles. The summed E-state index contributed by atoms with van der Waals surface area (Å²) in [5, 5.41) is 0. The molecule has 0 radical (unpaired) electrons. The predicted molar refractivity (Wildman–Crippen MR) is 268 cm³/mol. The highest BCUT2D eigenvalue weighted by atomic mass is 15.2. The molecule has 304 valence electrons. The molecule has 0 spiro atoms. The van der Waals surface area contributed by atoms with Crippen molar-refractivity contribution in [1.82, 2.24) is 0 Å². The van der Waals surface area contributed by atoms with Gasteiger partial charge < -0.3 is 19.6 Å². The lowest BCUT2D eigenvalue weighted by molar-refractivity contribution is 1.24. The number of hydrogen-bond donors (Lipinski definition) is 0. The third-order valence-electron chi connectivity index (χ3n) is 11.3. The van der Waals surface area contributed by atoms with Crippen molar-refractivity contribution in [2.75, 3.05) is 19.6 Å². The summed E-state index contributed by atoms with van der Waals surface area (Å²) in [6, 6.07) is 100. The van der Waals surface area contributed by atoms with Gasteiger partial charge in [-0.3, -0.25) is 0 Å². The van der Waals surface area contributed by atoms with Crippen LogP contribution in [0.2, 0.25) is 0 Å². The van der Waals surface area contributed by atoms with Crippen LogP contribution < -0.4 is 19.6 Å². The predicted octanol–water partition coefficient (Wildman–Crippen LogP) is 16.8. The fraction of sp³-hybridized carbons (Fsp3) is 0. The minimum absolute atomic E-state index is 1.02. The van der Waals surface area contributed by atoms with Crippen LogP contribution in [-0.4, -0.2) is 0 Å². The molecule has 0 fully saturated rings. The van der Waals surface area contributed by atoms with Crippen molar-refractivity contribution in [3.8, 4) is 11.1 Å². The van der Waals surface area contributed by atoms with Crippen molar-refractivity contribution in [3.05, 3.63) is 279 Å². The first kappa shape index (κ1) is 39.4. The van der Waals surface area contributed by atoms with Crippen molar-refractivity contribution in [2.45, 2.75) is 0 Å².